The summed E-state index contributed by atoms with van der Waals surface area (Å²) in [7, 11) is 0. The average molecular weight is 244 g/mol. The van der Waals surface area contributed by atoms with E-state index in [9.17, 15) is 0 Å². The van der Waals surface area contributed by atoms with Gasteiger partial charge in [0.1, 0.15) is 11.7 Å². The molecule has 96 valence electrons. The van der Waals surface area contributed by atoms with Crippen LogP contribution in [0.1, 0.15) is 32.9 Å². The molecule has 3 rings (SSSR count). The van der Waals surface area contributed by atoms with E-state index in [1.807, 2.05) is 12.1 Å². The molecule has 0 aliphatic carbocycles. The summed E-state index contributed by atoms with van der Waals surface area (Å²) in [6.45, 7) is 6.88. The van der Waals surface area contributed by atoms with Gasteiger partial charge in [0, 0.05) is 13.1 Å². The van der Waals surface area contributed by atoms with Crippen molar-refractivity contribution in [2.24, 2.45) is 5.92 Å². The Bertz CT molecular complexity index is 525. The van der Waals surface area contributed by atoms with Crippen LogP contribution in [0.25, 0.3) is 11.0 Å². The van der Waals surface area contributed by atoms with E-state index in [1.165, 1.54) is 25.9 Å². The zero-order chi connectivity index (χ0) is 12.5. The smallest absolute Gasteiger partial charge is 0.113 e. The highest BCUT2D eigenvalue weighted by Crippen LogP contribution is 2.28. The van der Waals surface area contributed by atoms with Crippen molar-refractivity contribution in [3.8, 4) is 0 Å². The third kappa shape index (κ3) is 1.90. The van der Waals surface area contributed by atoms with Crippen LogP contribution >= 0.6 is 0 Å². The third-order valence-corrected chi connectivity index (χ3v) is 3.74. The fraction of sp³-hybridized carbons (Fsp3) is 0.571. The summed E-state index contributed by atoms with van der Waals surface area (Å²) < 4.78 is 2.10. The lowest BCUT2D eigenvalue weighted by Gasteiger charge is -2.30. The Hall–Kier alpha value is -1.42. The molecule has 2 aromatic rings. The molecular formula is C14H20N4. The van der Waals surface area contributed by atoms with Crippen molar-refractivity contribution in [1.29, 1.82) is 0 Å². The second-order valence-corrected chi connectivity index (χ2v) is 5.42. The highest BCUT2D eigenvalue weighted by atomic mass is 15.5. The Morgan fingerprint density at radius 3 is 2.56 bits per heavy atom. The number of fused-ring (bicyclic) bond motifs is 1. The zero-order valence-electron chi connectivity index (χ0n) is 11.1. The Kier molecular flexibility index (Phi) is 3.04. The predicted molar refractivity (Wildman–Crippen MR) is 72.2 cm³/mol. The van der Waals surface area contributed by atoms with Crippen LogP contribution in [0.5, 0.6) is 0 Å². The highest BCUT2D eigenvalue weighted by Gasteiger charge is 2.28. The van der Waals surface area contributed by atoms with Crippen LogP contribution in [0.15, 0.2) is 24.3 Å². The van der Waals surface area contributed by atoms with E-state index in [0.29, 0.717) is 12.1 Å². The minimum atomic E-state index is 0.333. The summed E-state index contributed by atoms with van der Waals surface area (Å²) in [5.74, 6) is 0.535. The van der Waals surface area contributed by atoms with Gasteiger partial charge in [-0.1, -0.05) is 31.2 Å². The van der Waals surface area contributed by atoms with Gasteiger partial charge in [-0.15, -0.1) is 5.10 Å². The summed E-state index contributed by atoms with van der Waals surface area (Å²) in [5.41, 5.74) is 2.13. The number of para-hydroxylation sites is 1. The molecular weight excluding hydrogens is 224 g/mol. The summed E-state index contributed by atoms with van der Waals surface area (Å²) in [6, 6.07) is 8.21. The number of likely N-dealkylation sites (tertiary alicyclic amines) is 1. The van der Waals surface area contributed by atoms with E-state index in [-0.39, 0.29) is 0 Å². The Labute approximate surface area is 108 Å². The molecule has 1 aliphatic rings. The Morgan fingerprint density at radius 2 is 1.83 bits per heavy atom. The molecule has 1 aliphatic heterocycles. The van der Waals surface area contributed by atoms with Gasteiger partial charge in [0.25, 0.3) is 0 Å². The first-order valence-corrected chi connectivity index (χ1v) is 6.81. The predicted octanol–water partition coefficient (Wildman–Crippen LogP) is 2.68. The molecule has 0 saturated carbocycles. The largest absolute Gasteiger partial charge is 0.282 e. The monoisotopic (exact) mass is 244 g/mol. The number of aromatic nitrogens is 3. The molecule has 0 amide bonds. The van der Waals surface area contributed by atoms with Crippen molar-refractivity contribution in [1.82, 2.24) is 19.9 Å². The maximum absolute atomic E-state index is 4.39. The lowest BCUT2D eigenvalue weighted by Crippen LogP contribution is -2.34. The Morgan fingerprint density at radius 1 is 1.11 bits per heavy atom. The topological polar surface area (TPSA) is 34.0 Å². The summed E-state index contributed by atoms with van der Waals surface area (Å²) in [5, 5.41) is 8.67. The summed E-state index contributed by atoms with van der Waals surface area (Å²) in [4.78, 5) is 2.53. The van der Waals surface area contributed by atoms with Crippen molar-refractivity contribution in [2.75, 3.05) is 13.1 Å². The van der Waals surface area contributed by atoms with E-state index in [1.54, 1.807) is 0 Å². The zero-order valence-corrected chi connectivity index (χ0v) is 11.1. The fourth-order valence-corrected chi connectivity index (χ4v) is 2.95. The van der Waals surface area contributed by atoms with Crippen molar-refractivity contribution in [3.63, 3.8) is 0 Å². The number of nitrogens with zero attached hydrogens (tertiary/aromatic N) is 4. The molecule has 18 heavy (non-hydrogen) atoms. The van der Waals surface area contributed by atoms with Crippen LogP contribution in [-0.4, -0.2) is 33.0 Å². The van der Waals surface area contributed by atoms with Gasteiger partial charge in [0.15, 0.2) is 0 Å². The van der Waals surface area contributed by atoms with E-state index in [2.05, 4.69) is 45.9 Å². The maximum atomic E-state index is 4.39. The van der Waals surface area contributed by atoms with E-state index in [4.69, 9.17) is 0 Å². The lowest BCUT2D eigenvalue weighted by molar-refractivity contribution is 0.115. The van der Waals surface area contributed by atoms with Gasteiger partial charge in [0.05, 0.1) is 5.52 Å². The molecule has 1 atom stereocenters. The van der Waals surface area contributed by atoms with Gasteiger partial charge in [-0.05, 0) is 30.9 Å². The summed E-state index contributed by atoms with van der Waals surface area (Å²) >= 11 is 0. The fourth-order valence-electron chi connectivity index (χ4n) is 2.95. The first kappa shape index (κ1) is 11.7. The summed E-state index contributed by atoms with van der Waals surface area (Å²) in [6.07, 6.45) is 2.94. The van der Waals surface area contributed by atoms with Crippen LogP contribution in [0.3, 0.4) is 0 Å². The van der Waals surface area contributed by atoms with Crippen LogP contribution in [0.2, 0.25) is 0 Å². The second-order valence-electron chi connectivity index (χ2n) is 5.42. The van der Waals surface area contributed by atoms with Crippen LogP contribution in [-0.2, 0) is 0 Å². The Balaban J connectivity index is 2.03. The molecule has 0 radical (unpaired) electrons. The molecule has 4 nitrogen and oxygen atoms in total. The average Bonchev–Trinajstić information content (AvgIpc) is 3.00. The SMILES string of the molecule is CC(C)C(N1CCCC1)n1nnc2ccccc21. The molecule has 1 fully saturated rings. The number of benzene rings is 1. The minimum absolute atomic E-state index is 0.333. The molecule has 1 unspecified atom stereocenters. The van der Waals surface area contributed by atoms with Gasteiger partial charge >= 0.3 is 0 Å². The van der Waals surface area contributed by atoms with Crippen LogP contribution in [0, 0.1) is 5.92 Å². The molecule has 1 saturated heterocycles. The third-order valence-electron chi connectivity index (χ3n) is 3.74. The van der Waals surface area contributed by atoms with Crippen molar-refractivity contribution in [2.45, 2.75) is 32.9 Å². The standard InChI is InChI=1S/C14H20N4/c1-11(2)14(17-9-5-6-10-17)18-13-8-4-3-7-12(13)15-16-18/h3-4,7-8,11,14H,5-6,9-10H2,1-2H3. The lowest BCUT2D eigenvalue weighted by atomic mass is 10.1. The minimum Gasteiger partial charge on any atom is -0.282 e. The van der Waals surface area contributed by atoms with E-state index in [0.717, 1.165) is 11.0 Å². The molecule has 0 spiro atoms. The van der Waals surface area contributed by atoms with E-state index < -0.39 is 0 Å². The normalized spacial score (nSPS) is 18.8. The molecule has 0 bridgehead atoms. The van der Waals surface area contributed by atoms with Gasteiger partial charge in [-0.25, -0.2) is 4.68 Å². The van der Waals surface area contributed by atoms with Crippen LogP contribution in [0.4, 0.5) is 0 Å². The molecule has 4 heteroatoms. The number of hydrogen-bond donors (Lipinski definition) is 0. The maximum Gasteiger partial charge on any atom is 0.113 e. The van der Waals surface area contributed by atoms with E-state index >= 15 is 0 Å². The number of rotatable bonds is 3. The number of hydrogen-bond acceptors (Lipinski definition) is 3. The first-order chi connectivity index (χ1) is 8.77. The molecule has 2 heterocycles. The molecule has 1 aromatic carbocycles. The molecule has 0 N–H and O–H groups in total. The molecule has 1 aromatic heterocycles. The van der Waals surface area contributed by atoms with Crippen molar-refractivity contribution >= 4 is 11.0 Å². The van der Waals surface area contributed by atoms with Gasteiger partial charge in [-0.3, -0.25) is 4.90 Å². The van der Waals surface area contributed by atoms with Crippen molar-refractivity contribution < 1.29 is 0 Å². The van der Waals surface area contributed by atoms with Gasteiger partial charge in [-0.2, -0.15) is 0 Å². The quantitative estimate of drug-likeness (QED) is 0.832. The van der Waals surface area contributed by atoms with Crippen molar-refractivity contribution in [3.05, 3.63) is 24.3 Å². The van der Waals surface area contributed by atoms with Crippen LogP contribution < -0.4 is 0 Å². The van der Waals surface area contributed by atoms with Gasteiger partial charge in [0.2, 0.25) is 0 Å². The first-order valence-electron chi connectivity index (χ1n) is 6.81. The second kappa shape index (κ2) is 4.69. The highest BCUT2D eigenvalue weighted by molar-refractivity contribution is 5.73. The van der Waals surface area contributed by atoms with Gasteiger partial charge < -0.3 is 0 Å².